The summed E-state index contributed by atoms with van der Waals surface area (Å²) in [5.74, 6) is -1.41. The lowest BCUT2D eigenvalue weighted by atomic mass is 10.2. The van der Waals surface area contributed by atoms with Gasteiger partial charge >= 0.3 is 11.9 Å². The van der Waals surface area contributed by atoms with E-state index in [4.69, 9.17) is 0 Å². The summed E-state index contributed by atoms with van der Waals surface area (Å²) in [4.78, 5) is 25.3. The molecule has 0 aromatic carbocycles. The Balaban J connectivity index is 2.67. The third-order valence-electron chi connectivity index (χ3n) is 2.31. The molecule has 1 amide bonds. The second kappa shape index (κ2) is 5.65. The van der Waals surface area contributed by atoms with Crippen LogP contribution in [0, 0.1) is 0 Å². The van der Waals surface area contributed by atoms with Gasteiger partial charge in [-0.15, -0.1) is 11.3 Å². The van der Waals surface area contributed by atoms with Gasteiger partial charge in [-0.1, -0.05) is 6.07 Å². The molecule has 1 rings (SSSR count). The van der Waals surface area contributed by atoms with E-state index in [0.717, 1.165) is 4.88 Å². The number of esters is 1. The summed E-state index contributed by atoms with van der Waals surface area (Å²) in [5, 5.41) is 1.94. The number of carbonyl (C=O) groups is 2. The van der Waals surface area contributed by atoms with Gasteiger partial charge in [-0.3, -0.25) is 4.79 Å². The highest BCUT2D eigenvalue weighted by molar-refractivity contribution is 7.10. The van der Waals surface area contributed by atoms with Crippen molar-refractivity contribution < 1.29 is 14.3 Å². The van der Waals surface area contributed by atoms with Gasteiger partial charge in [0.1, 0.15) is 0 Å². The highest BCUT2D eigenvalue weighted by Gasteiger charge is 2.25. The van der Waals surface area contributed by atoms with Gasteiger partial charge in [0.15, 0.2) is 0 Å². The van der Waals surface area contributed by atoms with Crippen molar-refractivity contribution in [1.29, 1.82) is 0 Å². The molecular weight excluding hydrogens is 226 g/mol. The lowest BCUT2D eigenvalue weighted by Crippen LogP contribution is -2.36. The van der Waals surface area contributed by atoms with Gasteiger partial charge in [-0.2, -0.15) is 0 Å². The molecule has 0 bridgehead atoms. The Morgan fingerprint density at radius 2 is 2.25 bits per heavy atom. The molecule has 0 aliphatic rings. The molecule has 1 aromatic rings. The molecular formula is C11H15NO3S. The summed E-state index contributed by atoms with van der Waals surface area (Å²) < 4.78 is 4.67. The van der Waals surface area contributed by atoms with Gasteiger partial charge in [0.2, 0.25) is 0 Å². The van der Waals surface area contributed by atoms with Crippen LogP contribution >= 0.6 is 11.3 Å². The Hall–Kier alpha value is -1.36. The van der Waals surface area contributed by atoms with Crippen LogP contribution in [0.1, 0.15) is 24.8 Å². The first-order valence-corrected chi connectivity index (χ1v) is 5.93. The van der Waals surface area contributed by atoms with Crippen molar-refractivity contribution >= 4 is 23.2 Å². The average molecular weight is 241 g/mol. The van der Waals surface area contributed by atoms with Crippen molar-refractivity contribution in [1.82, 2.24) is 4.90 Å². The molecule has 1 unspecified atom stereocenters. The van der Waals surface area contributed by atoms with Crippen LogP contribution in [0.15, 0.2) is 17.5 Å². The highest BCUT2D eigenvalue weighted by Crippen LogP contribution is 2.23. The first-order chi connectivity index (χ1) is 7.57. The van der Waals surface area contributed by atoms with Gasteiger partial charge in [-0.25, -0.2) is 4.79 Å². The first-order valence-electron chi connectivity index (χ1n) is 5.05. The molecule has 0 saturated heterocycles. The van der Waals surface area contributed by atoms with Crippen LogP contribution < -0.4 is 0 Å². The smallest absolute Gasteiger partial charge is 0.397 e. The Bertz CT molecular complexity index is 361. The fraction of sp³-hybridized carbons (Fsp3) is 0.455. The van der Waals surface area contributed by atoms with Gasteiger partial charge in [0, 0.05) is 11.9 Å². The molecule has 4 nitrogen and oxygen atoms in total. The third kappa shape index (κ3) is 2.82. The Kier molecular flexibility index (Phi) is 4.49. The van der Waals surface area contributed by atoms with E-state index in [9.17, 15) is 9.59 Å². The van der Waals surface area contributed by atoms with Crippen LogP contribution in [0.4, 0.5) is 0 Å². The van der Waals surface area contributed by atoms with E-state index in [2.05, 4.69) is 4.74 Å². The number of likely N-dealkylation sites (N-methyl/N-ethyl adjacent to an activating group) is 1. The van der Waals surface area contributed by atoms with Gasteiger partial charge in [0.25, 0.3) is 0 Å². The van der Waals surface area contributed by atoms with Crippen LogP contribution in [0.2, 0.25) is 0 Å². The molecule has 0 spiro atoms. The maximum atomic E-state index is 11.6. The second-order valence-electron chi connectivity index (χ2n) is 3.33. The van der Waals surface area contributed by atoms with Gasteiger partial charge in [0.05, 0.1) is 12.6 Å². The lowest BCUT2D eigenvalue weighted by Gasteiger charge is -2.22. The summed E-state index contributed by atoms with van der Waals surface area (Å²) in [5.41, 5.74) is 0. The molecule has 88 valence electrons. The SMILES string of the molecule is CCOC(=O)C(=O)N(C)C(C)c1cccs1. The number of rotatable bonds is 3. The van der Waals surface area contributed by atoms with Crippen molar-refractivity contribution in [3.05, 3.63) is 22.4 Å². The maximum Gasteiger partial charge on any atom is 0.397 e. The minimum Gasteiger partial charge on any atom is -0.459 e. The van der Waals surface area contributed by atoms with Crippen molar-refractivity contribution in [2.24, 2.45) is 0 Å². The zero-order chi connectivity index (χ0) is 12.1. The van der Waals surface area contributed by atoms with Crippen molar-refractivity contribution in [3.8, 4) is 0 Å². The fourth-order valence-corrected chi connectivity index (χ4v) is 2.06. The van der Waals surface area contributed by atoms with E-state index in [0.29, 0.717) is 0 Å². The van der Waals surface area contributed by atoms with Crippen LogP contribution in [0.3, 0.4) is 0 Å². The van der Waals surface area contributed by atoms with Crippen molar-refractivity contribution in [2.75, 3.05) is 13.7 Å². The van der Waals surface area contributed by atoms with E-state index in [1.807, 2.05) is 24.4 Å². The van der Waals surface area contributed by atoms with E-state index in [1.165, 1.54) is 4.90 Å². The monoisotopic (exact) mass is 241 g/mol. The second-order valence-corrected chi connectivity index (χ2v) is 4.31. The van der Waals surface area contributed by atoms with Crippen LogP contribution in [0.5, 0.6) is 0 Å². The molecule has 1 heterocycles. The van der Waals surface area contributed by atoms with Gasteiger partial charge < -0.3 is 9.64 Å². The molecule has 5 heteroatoms. The minimum absolute atomic E-state index is 0.114. The number of ether oxygens (including phenoxy) is 1. The fourth-order valence-electron chi connectivity index (χ4n) is 1.23. The molecule has 1 aromatic heterocycles. The zero-order valence-electron chi connectivity index (χ0n) is 9.60. The maximum absolute atomic E-state index is 11.6. The van der Waals surface area contributed by atoms with E-state index < -0.39 is 11.9 Å². The molecule has 0 aliphatic carbocycles. The van der Waals surface area contributed by atoms with Crippen LogP contribution in [0.25, 0.3) is 0 Å². The quantitative estimate of drug-likeness (QED) is 0.599. The van der Waals surface area contributed by atoms with E-state index >= 15 is 0 Å². The van der Waals surface area contributed by atoms with Gasteiger partial charge in [-0.05, 0) is 25.3 Å². The van der Waals surface area contributed by atoms with Crippen LogP contribution in [-0.2, 0) is 14.3 Å². The Morgan fingerprint density at radius 3 is 2.75 bits per heavy atom. The highest BCUT2D eigenvalue weighted by atomic mass is 32.1. The largest absolute Gasteiger partial charge is 0.459 e. The summed E-state index contributed by atoms with van der Waals surface area (Å²) >= 11 is 1.56. The zero-order valence-corrected chi connectivity index (χ0v) is 10.4. The van der Waals surface area contributed by atoms with Crippen LogP contribution in [-0.4, -0.2) is 30.4 Å². The summed E-state index contributed by atoms with van der Waals surface area (Å²) in [6.07, 6.45) is 0. The van der Waals surface area contributed by atoms with E-state index in [-0.39, 0.29) is 12.6 Å². The normalized spacial score (nSPS) is 11.9. The van der Waals surface area contributed by atoms with Crippen molar-refractivity contribution in [3.63, 3.8) is 0 Å². The number of hydrogen-bond acceptors (Lipinski definition) is 4. The lowest BCUT2D eigenvalue weighted by molar-refractivity contribution is -0.160. The molecule has 0 saturated carbocycles. The molecule has 1 atom stereocenters. The predicted molar refractivity (Wildman–Crippen MR) is 62.1 cm³/mol. The number of nitrogens with zero attached hydrogens (tertiary/aromatic N) is 1. The average Bonchev–Trinajstić information content (AvgIpc) is 2.79. The summed E-state index contributed by atoms with van der Waals surface area (Å²) in [6.45, 7) is 3.77. The number of amides is 1. The number of carbonyl (C=O) groups excluding carboxylic acids is 2. The number of hydrogen-bond donors (Lipinski definition) is 0. The van der Waals surface area contributed by atoms with E-state index in [1.54, 1.807) is 25.3 Å². The summed E-state index contributed by atoms with van der Waals surface area (Å²) in [6, 6.07) is 3.74. The molecule has 0 N–H and O–H groups in total. The summed E-state index contributed by atoms with van der Waals surface area (Å²) in [7, 11) is 1.60. The first kappa shape index (κ1) is 12.7. The standard InChI is InChI=1S/C11H15NO3S/c1-4-15-11(14)10(13)12(3)8(2)9-6-5-7-16-9/h5-8H,4H2,1-3H3. The van der Waals surface area contributed by atoms with Crippen molar-refractivity contribution in [2.45, 2.75) is 19.9 Å². The molecule has 16 heavy (non-hydrogen) atoms. The predicted octanol–water partition coefficient (Wildman–Crippen LogP) is 1.83. The molecule has 0 fully saturated rings. The minimum atomic E-state index is -0.798. The molecule has 0 radical (unpaired) electrons. The molecule has 0 aliphatic heterocycles. The topological polar surface area (TPSA) is 46.6 Å². The number of thiophene rings is 1. The third-order valence-corrected chi connectivity index (χ3v) is 3.35. The Morgan fingerprint density at radius 1 is 1.56 bits per heavy atom. The Labute approximate surface area is 98.8 Å².